The van der Waals surface area contributed by atoms with E-state index in [0.29, 0.717) is 30.3 Å². The van der Waals surface area contributed by atoms with Gasteiger partial charge in [0, 0.05) is 31.6 Å². The number of fused-ring (bicyclic) bond motifs is 5. The molecule has 0 bridgehead atoms. The van der Waals surface area contributed by atoms with E-state index >= 15 is 0 Å². The Morgan fingerprint density at radius 1 is 0.787 bits per heavy atom. The van der Waals surface area contributed by atoms with Crippen LogP contribution in [-0.2, 0) is 14.2 Å². The first-order valence-corrected chi connectivity index (χ1v) is 25.2. The van der Waals surface area contributed by atoms with Crippen LogP contribution in [0.3, 0.4) is 0 Å². The minimum Gasteiger partial charge on any atom is -0.446 e. The molecule has 0 spiro atoms. The lowest BCUT2D eigenvalue weighted by molar-refractivity contribution is -0.0597. The first-order valence-electron chi connectivity index (χ1n) is 25.2. The second kappa shape index (κ2) is 19.3. The fourth-order valence-corrected chi connectivity index (χ4v) is 13.7. The Morgan fingerprint density at radius 3 is 1.89 bits per heavy atom. The highest BCUT2D eigenvalue weighted by atomic mass is 16.6. The molecule has 0 heterocycles. The lowest BCUT2D eigenvalue weighted by Gasteiger charge is -2.58. The van der Waals surface area contributed by atoms with Crippen LogP contribution in [0.15, 0.2) is 11.6 Å². The number of amides is 3. The SMILES string of the molecule is CC[C@H](CC[C@@H](C)C1CCC2C3CC=C4CC(OC(=O)N(CCC5CC(NC(=O)OC(C)(C)C)C5)CCC5CC(NC(=O)OC(C)(C)C)C5)CCC4(C)C3CCC21C)C(C)C. The minimum absolute atomic E-state index is 0.0774. The van der Waals surface area contributed by atoms with Gasteiger partial charge in [0.15, 0.2) is 0 Å². The molecular formula is C52H89N3O6. The number of rotatable bonds is 15. The zero-order valence-corrected chi connectivity index (χ0v) is 40.8. The van der Waals surface area contributed by atoms with Crippen molar-refractivity contribution in [3.8, 4) is 0 Å². The molecule has 9 heteroatoms. The maximum Gasteiger partial charge on any atom is 0.410 e. The molecule has 0 aromatic heterocycles. The number of carbonyl (C=O) groups excluding carboxylic acids is 3. The molecule has 9 atom stereocenters. The molecule has 61 heavy (non-hydrogen) atoms. The highest BCUT2D eigenvalue weighted by Gasteiger charge is 2.59. The van der Waals surface area contributed by atoms with Crippen molar-refractivity contribution in [1.82, 2.24) is 15.5 Å². The van der Waals surface area contributed by atoms with Gasteiger partial charge >= 0.3 is 18.3 Å². The summed E-state index contributed by atoms with van der Waals surface area (Å²) < 4.78 is 17.4. The van der Waals surface area contributed by atoms with Crippen LogP contribution in [0.25, 0.3) is 0 Å². The van der Waals surface area contributed by atoms with Crippen molar-refractivity contribution in [2.45, 2.75) is 222 Å². The van der Waals surface area contributed by atoms with E-state index in [1.807, 2.05) is 46.4 Å². The molecule has 348 valence electrons. The lowest BCUT2D eigenvalue weighted by atomic mass is 9.47. The van der Waals surface area contributed by atoms with Crippen LogP contribution in [0.5, 0.6) is 0 Å². The maximum absolute atomic E-state index is 14.1. The summed E-state index contributed by atoms with van der Waals surface area (Å²) in [4.78, 5) is 40.7. The Kier molecular flexibility index (Phi) is 15.2. The molecule has 0 saturated heterocycles. The highest BCUT2D eigenvalue weighted by molar-refractivity contribution is 5.69. The summed E-state index contributed by atoms with van der Waals surface area (Å²) in [5.41, 5.74) is 1.21. The van der Waals surface area contributed by atoms with Gasteiger partial charge in [-0.1, -0.05) is 66.0 Å². The average molecular weight is 852 g/mol. The molecule has 5 saturated carbocycles. The number of alkyl carbamates (subject to hydrolysis) is 2. The smallest absolute Gasteiger partial charge is 0.410 e. The van der Waals surface area contributed by atoms with Crippen LogP contribution in [0, 0.1) is 64.1 Å². The summed E-state index contributed by atoms with van der Waals surface area (Å²) in [6.07, 6.45) is 20.8. The van der Waals surface area contributed by atoms with Gasteiger partial charge in [-0.15, -0.1) is 0 Å². The molecule has 0 aromatic rings. The van der Waals surface area contributed by atoms with Crippen molar-refractivity contribution >= 4 is 18.3 Å². The Balaban J connectivity index is 1.02. The van der Waals surface area contributed by atoms with E-state index in [4.69, 9.17) is 14.2 Å². The minimum atomic E-state index is -0.519. The Bertz CT molecular complexity index is 1490. The molecule has 5 fully saturated rings. The van der Waals surface area contributed by atoms with Gasteiger partial charge in [-0.25, -0.2) is 14.4 Å². The van der Waals surface area contributed by atoms with Gasteiger partial charge in [0.2, 0.25) is 0 Å². The predicted octanol–water partition coefficient (Wildman–Crippen LogP) is 12.9. The molecule has 9 nitrogen and oxygen atoms in total. The number of carbonyl (C=O) groups is 3. The van der Waals surface area contributed by atoms with Gasteiger partial charge in [0.05, 0.1) is 0 Å². The standard InChI is InChI=1S/C52H89N3O6/c1-13-37(33(2)3)15-14-34(4)43-18-19-44-42-17-16-38-32-41(20-24-51(38,11)45(42)21-25-52(43,44)12)59-48(58)55(26-22-35-28-39(29-35)53-46(56)60-49(5,6)7)27-23-36-30-40(31-36)54-47(57)61-50(8,9)10/h16,33-37,39-45H,13-15,17-32H2,1-12H3,(H,53,56)(H,54,57)/t34-,35?,36?,37-,39?,40?,41?,42?,43?,44?,45?,51?,52?/m1/s1. The fourth-order valence-electron chi connectivity index (χ4n) is 13.7. The molecule has 6 aliphatic rings. The number of nitrogens with one attached hydrogen (secondary N) is 2. The number of hydrogen-bond donors (Lipinski definition) is 2. The summed E-state index contributed by atoms with van der Waals surface area (Å²) in [6.45, 7) is 27.7. The quantitative estimate of drug-likeness (QED) is 0.126. The first kappa shape index (κ1) is 48.0. The Hall–Kier alpha value is -2.45. The number of ether oxygens (including phenoxy) is 3. The van der Waals surface area contributed by atoms with Crippen LogP contribution in [-0.4, -0.2) is 65.7 Å². The van der Waals surface area contributed by atoms with Gasteiger partial charge in [0.1, 0.15) is 17.3 Å². The van der Waals surface area contributed by atoms with Crippen molar-refractivity contribution in [2.24, 2.45) is 64.1 Å². The second-order valence-corrected chi connectivity index (χ2v) is 24.1. The molecule has 0 aromatic carbocycles. The lowest BCUT2D eigenvalue weighted by Crippen LogP contribution is -2.51. The van der Waals surface area contributed by atoms with E-state index in [2.05, 4.69) is 58.3 Å². The molecule has 0 aliphatic heterocycles. The molecule has 6 rings (SSSR count). The van der Waals surface area contributed by atoms with Gasteiger partial charge in [-0.2, -0.15) is 0 Å². The predicted molar refractivity (Wildman–Crippen MR) is 245 cm³/mol. The highest BCUT2D eigenvalue weighted by Crippen LogP contribution is 2.67. The van der Waals surface area contributed by atoms with E-state index in [9.17, 15) is 14.4 Å². The van der Waals surface area contributed by atoms with Crippen molar-refractivity contribution in [3.05, 3.63) is 11.6 Å². The van der Waals surface area contributed by atoms with Crippen LogP contribution < -0.4 is 10.6 Å². The maximum atomic E-state index is 14.1. The monoisotopic (exact) mass is 852 g/mol. The molecule has 6 aliphatic carbocycles. The molecule has 7 unspecified atom stereocenters. The zero-order valence-electron chi connectivity index (χ0n) is 40.8. The van der Waals surface area contributed by atoms with Crippen LogP contribution >= 0.6 is 0 Å². The topological polar surface area (TPSA) is 106 Å². The van der Waals surface area contributed by atoms with Crippen LogP contribution in [0.1, 0.15) is 192 Å². The van der Waals surface area contributed by atoms with Crippen molar-refractivity contribution < 1.29 is 28.6 Å². The molecule has 2 N–H and O–H groups in total. The van der Waals surface area contributed by atoms with Gasteiger partial charge in [-0.3, -0.25) is 0 Å². The fraction of sp³-hybridized carbons (Fsp3) is 0.904. The number of hydrogen-bond acceptors (Lipinski definition) is 6. The van der Waals surface area contributed by atoms with Crippen molar-refractivity contribution in [3.63, 3.8) is 0 Å². The summed E-state index contributed by atoms with van der Waals surface area (Å²) in [7, 11) is 0. The summed E-state index contributed by atoms with van der Waals surface area (Å²) in [5.74, 6) is 6.58. The van der Waals surface area contributed by atoms with E-state index in [1.165, 1.54) is 51.4 Å². The summed E-state index contributed by atoms with van der Waals surface area (Å²) in [6, 6.07) is 0.240. The molecular weight excluding hydrogens is 763 g/mol. The normalized spacial score (nSPS) is 35.5. The van der Waals surface area contributed by atoms with Crippen molar-refractivity contribution in [2.75, 3.05) is 13.1 Å². The van der Waals surface area contributed by atoms with Gasteiger partial charge < -0.3 is 29.7 Å². The van der Waals surface area contributed by atoms with Crippen LogP contribution in [0.2, 0.25) is 0 Å². The Morgan fingerprint density at radius 2 is 1.36 bits per heavy atom. The van der Waals surface area contributed by atoms with E-state index in [0.717, 1.165) is 99.2 Å². The van der Waals surface area contributed by atoms with Gasteiger partial charge in [-0.05, 0) is 196 Å². The van der Waals surface area contributed by atoms with Gasteiger partial charge in [0.25, 0.3) is 0 Å². The van der Waals surface area contributed by atoms with E-state index in [1.54, 1.807) is 5.57 Å². The number of allylic oxidation sites excluding steroid dienone is 1. The largest absolute Gasteiger partial charge is 0.446 e. The summed E-state index contributed by atoms with van der Waals surface area (Å²) in [5, 5.41) is 6.03. The second-order valence-electron chi connectivity index (χ2n) is 24.1. The molecule has 0 radical (unpaired) electrons. The van der Waals surface area contributed by atoms with Crippen molar-refractivity contribution in [1.29, 1.82) is 0 Å². The zero-order chi connectivity index (χ0) is 44.5. The first-order chi connectivity index (χ1) is 28.6. The van der Waals surface area contributed by atoms with Crippen LogP contribution in [0.4, 0.5) is 14.4 Å². The average Bonchev–Trinajstić information content (AvgIpc) is 3.48. The Labute approximate surface area is 371 Å². The third kappa shape index (κ3) is 11.8. The third-order valence-corrected chi connectivity index (χ3v) is 17.3. The third-order valence-electron chi connectivity index (χ3n) is 17.3. The summed E-state index contributed by atoms with van der Waals surface area (Å²) >= 11 is 0. The molecule has 3 amide bonds. The number of nitrogens with zero attached hydrogens (tertiary/aromatic N) is 1. The van der Waals surface area contributed by atoms with E-state index < -0.39 is 11.2 Å². The van der Waals surface area contributed by atoms with E-state index in [-0.39, 0.29) is 41.9 Å².